The minimum absolute atomic E-state index is 0.266. The second-order valence-corrected chi connectivity index (χ2v) is 5.26. The molecule has 1 atom stereocenters. The van der Waals surface area contributed by atoms with Gasteiger partial charge < -0.3 is 24.3 Å². The van der Waals surface area contributed by atoms with Gasteiger partial charge in [0.2, 0.25) is 0 Å². The van der Waals surface area contributed by atoms with Crippen LogP contribution in [0, 0.1) is 0 Å². The second kappa shape index (κ2) is 7.12. The largest absolute Gasteiger partial charge is 0.493 e. The molecule has 2 aromatic rings. The number of fused-ring (bicyclic) bond motifs is 1. The van der Waals surface area contributed by atoms with Crippen molar-refractivity contribution in [2.24, 2.45) is 0 Å². The fourth-order valence-corrected chi connectivity index (χ4v) is 2.33. The lowest BCUT2D eigenvalue weighted by Crippen LogP contribution is -2.30. The van der Waals surface area contributed by atoms with E-state index >= 15 is 0 Å². The van der Waals surface area contributed by atoms with Crippen LogP contribution in [0.2, 0.25) is 0 Å². The Bertz CT molecular complexity index is 731. The number of para-hydroxylation sites is 2. The Morgan fingerprint density at radius 3 is 2.54 bits per heavy atom. The first kappa shape index (κ1) is 16.0. The molecule has 6 nitrogen and oxygen atoms in total. The maximum atomic E-state index is 12.3. The van der Waals surface area contributed by atoms with E-state index in [4.69, 9.17) is 18.9 Å². The van der Waals surface area contributed by atoms with Gasteiger partial charge in [-0.25, -0.2) is 0 Å². The highest BCUT2D eigenvalue weighted by molar-refractivity contribution is 5.94. The van der Waals surface area contributed by atoms with Crippen molar-refractivity contribution in [3.05, 3.63) is 42.5 Å². The van der Waals surface area contributed by atoms with Crippen molar-refractivity contribution in [1.29, 1.82) is 0 Å². The van der Waals surface area contributed by atoms with Crippen molar-refractivity contribution in [3.8, 4) is 23.0 Å². The van der Waals surface area contributed by atoms with E-state index in [2.05, 4.69) is 5.32 Å². The highest BCUT2D eigenvalue weighted by Gasteiger charge is 2.18. The average Bonchev–Trinajstić information content (AvgIpc) is 2.62. The van der Waals surface area contributed by atoms with Gasteiger partial charge in [0.15, 0.2) is 29.1 Å². The summed E-state index contributed by atoms with van der Waals surface area (Å²) in [7, 11) is 1.56. The van der Waals surface area contributed by atoms with Crippen molar-refractivity contribution in [1.82, 2.24) is 0 Å². The second-order valence-electron chi connectivity index (χ2n) is 5.26. The van der Waals surface area contributed by atoms with Crippen LogP contribution in [0.15, 0.2) is 42.5 Å². The molecule has 0 spiro atoms. The Morgan fingerprint density at radius 2 is 1.79 bits per heavy atom. The summed E-state index contributed by atoms with van der Waals surface area (Å²) in [4.78, 5) is 12.3. The Kier molecular flexibility index (Phi) is 4.74. The Balaban J connectivity index is 1.66. The molecule has 6 heteroatoms. The molecule has 1 aliphatic rings. The number of carbonyl (C=O) groups is 1. The summed E-state index contributed by atoms with van der Waals surface area (Å²) in [6.07, 6.45) is -0.686. The molecule has 126 valence electrons. The van der Waals surface area contributed by atoms with Crippen molar-refractivity contribution in [2.75, 3.05) is 25.6 Å². The van der Waals surface area contributed by atoms with Crippen LogP contribution in [0.4, 0.5) is 5.69 Å². The highest BCUT2D eigenvalue weighted by atomic mass is 16.6. The molecular formula is C18H19NO5. The fraction of sp³-hybridized carbons (Fsp3) is 0.278. The van der Waals surface area contributed by atoms with Crippen molar-refractivity contribution < 1.29 is 23.7 Å². The molecule has 0 saturated carbocycles. The van der Waals surface area contributed by atoms with Crippen LogP contribution in [-0.4, -0.2) is 32.3 Å². The van der Waals surface area contributed by atoms with E-state index in [-0.39, 0.29) is 5.91 Å². The van der Waals surface area contributed by atoms with Gasteiger partial charge in [0.1, 0.15) is 13.2 Å². The van der Waals surface area contributed by atoms with Gasteiger partial charge in [0, 0.05) is 11.8 Å². The molecule has 1 aliphatic heterocycles. The smallest absolute Gasteiger partial charge is 0.265 e. The lowest BCUT2D eigenvalue weighted by atomic mass is 10.2. The molecule has 1 heterocycles. The lowest BCUT2D eigenvalue weighted by Gasteiger charge is -2.20. The normalized spacial score (nSPS) is 13.8. The van der Waals surface area contributed by atoms with Gasteiger partial charge in [-0.15, -0.1) is 0 Å². The number of benzene rings is 2. The first-order valence-electron chi connectivity index (χ1n) is 7.67. The molecule has 2 aromatic carbocycles. The highest BCUT2D eigenvalue weighted by Crippen LogP contribution is 2.33. The zero-order valence-corrected chi connectivity index (χ0v) is 13.6. The Hall–Kier alpha value is -2.89. The molecule has 1 amide bonds. The molecule has 0 bridgehead atoms. The van der Waals surface area contributed by atoms with Crippen LogP contribution in [0.3, 0.4) is 0 Å². The zero-order chi connectivity index (χ0) is 16.9. The number of amides is 1. The van der Waals surface area contributed by atoms with Crippen LogP contribution in [0.5, 0.6) is 23.0 Å². The van der Waals surface area contributed by atoms with E-state index in [0.717, 1.165) is 0 Å². The van der Waals surface area contributed by atoms with Gasteiger partial charge >= 0.3 is 0 Å². The monoisotopic (exact) mass is 329 g/mol. The molecule has 24 heavy (non-hydrogen) atoms. The number of carbonyl (C=O) groups excluding carboxylic acids is 1. The summed E-state index contributed by atoms with van der Waals surface area (Å²) in [5.74, 6) is 2.13. The fourth-order valence-electron chi connectivity index (χ4n) is 2.33. The van der Waals surface area contributed by atoms with E-state index in [1.54, 1.807) is 44.4 Å². The van der Waals surface area contributed by atoms with Crippen molar-refractivity contribution in [2.45, 2.75) is 13.0 Å². The van der Waals surface area contributed by atoms with Gasteiger partial charge in [0.05, 0.1) is 7.11 Å². The molecule has 1 N–H and O–H groups in total. The Labute approximate surface area is 140 Å². The molecule has 0 aromatic heterocycles. The summed E-state index contributed by atoms with van der Waals surface area (Å²) in [5, 5.41) is 2.81. The molecule has 3 rings (SSSR count). The molecule has 0 aliphatic carbocycles. The topological polar surface area (TPSA) is 66.0 Å². The number of hydrogen-bond donors (Lipinski definition) is 1. The minimum atomic E-state index is -0.686. The molecule has 0 radical (unpaired) electrons. The quantitative estimate of drug-likeness (QED) is 0.914. The van der Waals surface area contributed by atoms with E-state index in [1.807, 2.05) is 12.1 Å². The van der Waals surface area contributed by atoms with E-state index in [9.17, 15) is 4.79 Å². The maximum Gasteiger partial charge on any atom is 0.265 e. The molecular weight excluding hydrogens is 310 g/mol. The minimum Gasteiger partial charge on any atom is -0.493 e. The van der Waals surface area contributed by atoms with Gasteiger partial charge in [-0.1, -0.05) is 12.1 Å². The Morgan fingerprint density at radius 1 is 1.08 bits per heavy atom. The van der Waals surface area contributed by atoms with Crippen LogP contribution >= 0.6 is 0 Å². The van der Waals surface area contributed by atoms with Crippen molar-refractivity contribution >= 4 is 11.6 Å². The maximum absolute atomic E-state index is 12.3. The average molecular weight is 329 g/mol. The molecule has 0 unspecified atom stereocenters. The summed E-state index contributed by atoms with van der Waals surface area (Å²) in [6.45, 7) is 2.71. The zero-order valence-electron chi connectivity index (χ0n) is 13.6. The van der Waals surface area contributed by atoms with E-state index in [0.29, 0.717) is 41.9 Å². The number of hydrogen-bond acceptors (Lipinski definition) is 5. The lowest BCUT2D eigenvalue weighted by molar-refractivity contribution is -0.122. The number of rotatable bonds is 5. The van der Waals surface area contributed by atoms with Crippen LogP contribution in [0.1, 0.15) is 6.92 Å². The standard InChI is InChI=1S/C18H19NO5/c1-12(24-16-6-4-3-5-14(16)21-2)18(20)19-13-7-8-15-17(11-13)23-10-9-22-15/h3-8,11-12H,9-10H2,1-2H3,(H,19,20)/t12-/m0/s1. The third-order valence-corrected chi connectivity index (χ3v) is 3.55. The number of anilines is 1. The molecule has 0 saturated heterocycles. The predicted molar refractivity (Wildman–Crippen MR) is 89.1 cm³/mol. The predicted octanol–water partition coefficient (Wildman–Crippen LogP) is 2.87. The number of methoxy groups -OCH3 is 1. The number of nitrogens with one attached hydrogen (secondary N) is 1. The van der Waals surface area contributed by atoms with Gasteiger partial charge in [-0.05, 0) is 31.2 Å². The van der Waals surface area contributed by atoms with Crippen LogP contribution in [-0.2, 0) is 4.79 Å². The number of ether oxygens (including phenoxy) is 4. The first-order chi connectivity index (χ1) is 11.7. The van der Waals surface area contributed by atoms with Gasteiger partial charge in [-0.3, -0.25) is 4.79 Å². The van der Waals surface area contributed by atoms with Crippen LogP contribution < -0.4 is 24.3 Å². The first-order valence-corrected chi connectivity index (χ1v) is 7.67. The summed E-state index contributed by atoms with van der Waals surface area (Å²) >= 11 is 0. The van der Waals surface area contributed by atoms with E-state index < -0.39 is 6.10 Å². The summed E-state index contributed by atoms with van der Waals surface area (Å²) < 4.78 is 21.9. The van der Waals surface area contributed by atoms with E-state index in [1.165, 1.54) is 0 Å². The third kappa shape index (κ3) is 3.53. The van der Waals surface area contributed by atoms with Gasteiger partial charge in [0.25, 0.3) is 5.91 Å². The van der Waals surface area contributed by atoms with Crippen molar-refractivity contribution in [3.63, 3.8) is 0 Å². The van der Waals surface area contributed by atoms with Crippen LogP contribution in [0.25, 0.3) is 0 Å². The summed E-state index contributed by atoms with van der Waals surface area (Å²) in [6, 6.07) is 12.5. The SMILES string of the molecule is COc1ccccc1O[C@@H](C)C(=O)Nc1ccc2c(c1)OCCO2. The third-order valence-electron chi connectivity index (χ3n) is 3.55. The summed E-state index contributed by atoms with van der Waals surface area (Å²) in [5.41, 5.74) is 0.625. The molecule has 0 fully saturated rings. The van der Waals surface area contributed by atoms with Gasteiger partial charge in [-0.2, -0.15) is 0 Å².